The van der Waals surface area contributed by atoms with Crippen molar-refractivity contribution in [2.75, 3.05) is 0 Å². The topological polar surface area (TPSA) is 38.7 Å². The molecule has 0 aliphatic heterocycles. The molecule has 0 N–H and O–H groups in total. The first-order valence-electron chi connectivity index (χ1n) is 25.7. The Balaban J connectivity index is 1.06. The van der Waals surface area contributed by atoms with Crippen LogP contribution in [0.4, 0.5) is 0 Å². The fraction of sp³-hybridized carbons (Fsp3) is 0.0597. The Morgan fingerprint density at radius 1 is 0.271 bits per heavy atom. The van der Waals surface area contributed by atoms with Gasteiger partial charge >= 0.3 is 0 Å². The molecule has 0 saturated heterocycles. The molecule has 0 amide bonds. The Morgan fingerprint density at radius 2 is 0.671 bits per heavy atom. The number of aromatic nitrogens is 3. The number of benzene rings is 8. The van der Waals surface area contributed by atoms with Gasteiger partial charge in [-0.3, -0.25) is 15.0 Å². The second-order valence-electron chi connectivity index (χ2n) is 18.5. The van der Waals surface area contributed by atoms with Gasteiger partial charge in [0.05, 0.1) is 22.6 Å². The van der Waals surface area contributed by atoms with Crippen LogP contribution >= 0.6 is 0 Å². The normalized spacial score (nSPS) is 12.2. The van der Waals surface area contributed by atoms with E-state index in [9.17, 15) is 5.48 Å². The third-order valence-corrected chi connectivity index (χ3v) is 12.9. The number of hydrogen-bond acceptors (Lipinski definition) is 3. The summed E-state index contributed by atoms with van der Waals surface area (Å²) in [6.45, 7) is 6.65. The summed E-state index contributed by atoms with van der Waals surface area (Å²) >= 11 is 0. The van der Waals surface area contributed by atoms with Gasteiger partial charge in [-0.05, 0) is 143 Å². The standard InChI is InChI=1S/C67H51N3/c1-67(2,3)57-37-40-70-66(45-57)52-34-28-49(29-35-52)60-19-9-12-22-63(60)56-42-54(61-20-10-7-17-58(61)47-24-30-50(31-25-47)64-23-13-14-38-68-64)41-55(43-56)62-21-11-8-18-59(62)48-26-32-51(33-27-48)65-44-53(36-39-69-65)46-15-5-4-6-16-46/h4-45H,1-3H3/i24D,25D,30D,31D. The molecular formula is C67H51N3. The molecule has 0 aliphatic rings. The maximum absolute atomic E-state index is 9.42. The highest BCUT2D eigenvalue weighted by Crippen LogP contribution is 2.43. The van der Waals surface area contributed by atoms with Gasteiger partial charge in [0.1, 0.15) is 0 Å². The maximum atomic E-state index is 9.42. The Kier molecular flexibility index (Phi) is 10.7. The summed E-state index contributed by atoms with van der Waals surface area (Å²) in [6.07, 6.45) is 5.36. The van der Waals surface area contributed by atoms with Crippen molar-refractivity contribution in [1.82, 2.24) is 15.0 Å². The van der Waals surface area contributed by atoms with Crippen molar-refractivity contribution in [3.8, 4) is 112 Å². The average molecular weight is 902 g/mol. The van der Waals surface area contributed by atoms with Gasteiger partial charge in [-0.15, -0.1) is 0 Å². The summed E-state index contributed by atoms with van der Waals surface area (Å²) in [7, 11) is 0. The molecule has 3 aromatic heterocycles. The van der Waals surface area contributed by atoms with Crippen LogP contribution in [0.25, 0.3) is 112 Å². The van der Waals surface area contributed by atoms with Crippen molar-refractivity contribution in [2.45, 2.75) is 26.2 Å². The monoisotopic (exact) mass is 901 g/mol. The van der Waals surface area contributed by atoms with E-state index in [1.807, 2.05) is 60.9 Å². The van der Waals surface area contributed by atoms with Gasteiger partial charge < -0.3 is 0 Å². The Hall–Kier alpha value is -8.79. The zero-order valence-electron chi connectivity index (χ0n) is 43.3. The van der Waals surface area contributed by atoms with Crippen molar-refractivity contribution >= 4 is 0 Å². The molecule has 0 saturated carbocycles. The highest BCUT2D eigenvalue weighted by molar-refractivity contribution is 5.94. The van der Waals surface area contributed by atoms with Crippen LogP contribution in [0, 0.1) is 0 Å². The summed E-state index contributed by atoms with van der Waals surface area (Å²) in [6, 6.07) is 72.1. The summed E-state index contributed by atoms with van der Waals surface area (Å²) < 4.78 is 37.3. The van der Waals surface area contributed by atoms with Crippen LogP contribution in [0.2, 0.25) is 0 Å². The van der Waals surface area contributed by atoms with Gasteiger partial charge in [-0.1, -0.05) is 203 Å². The molecule has 334 valence electrons. The van der Waals surface area contributed by atoms with Crippen LogP contribution in [-0.2, 0) is 5.41 Å². The molecule has 0 aliphatic carbocycles. The van der Waals surface area contributed by atoms with Gasteiger partial charge in [0.15, 0.2) is 0 Å². The van der Waals surface area contributed by atoms with Crippen LogP contribution in [0.15, 0.2) is 255 Å². The lowest BCUT2D eigenvalue weighted by Gasteiger charge is -2.19. The van der Waals surface area contributed by atoms with Crippen LogP contribution < -0.4 is 0 Å². The Bertz CT molecular complexity index is 3820. The van der Waals surface area contributed by atoms with E-state index in [1.165, 1.54) is 5.56 Å². The molecule has 0 radical (unpaired) electrons. The number of nitrogens with zero attached hydrogens (tertiary/aromatic N) is 3. The number of rotatable bonds is 10. The van der Waals surface area contributed by atoms with Gasteiger partial charge in [0.2, 0.25) is 0 Å². The fourth-order valence-corrected chi connectivity index (χ4v) is 9.20. The van der Waals surface area contributed by atoms with Crippen molar-refractivity contribution < 1.29 is 5.48 Å². The van der Waals surface area contributed by atoms with E-state index < -0.39 is 0 Å². The summed E-state index contributed by atoms with van der Waals surface area (Å²) in [5.41, 5.74) is 18.7. The molecule has 0 spiro atoms. The molecule has 3 heteroatoms. The van der Waals surface area contributed by atoms with Gasteiger partial charge in [-0.25, -0.2) is 0 Å². The second-order valence-corrected chi connectivity index (χ2v) is 18.5. The number of hydrogen-bond donors (Lipinski definition) is 0. The molecule has 0 unspecified atom stereocenters. The smallest absolute Gasteiger partial charge is 0.0708 e. The summed E-state index contributed by atoms with van der Waals surface area (Å²) in [4.78, 5) is 13.9. The van der Waals surface area contributed by atoms with E-state index in [4.69, 9.17) is 9.97 Å². The zero-order valence-corrected chi connectivity index (χ0v) is 39.3. The molecule has 0 fully saturated rings. The van der Waals surface area contributed by atoms with E-state index in [1.54, 1.807) is 24.4 Å². The molecule has 3 nitrogen and oxygen atoms in total. The van der Waals surface area contributed by atoms with Crippen LogP contribution in [-0.4, -0.2) is 15.0 Å². The Morgan fingerprint density at radius 3 is 1.16 bits per heavy atom. The quantitative estimate of drug-likeness (QED) is 0.137. The minimum atomic E-state index is -0.138. The van der Waals surface area contributed by atoms with Crippen molar-refractivity contribution in [3.05, 3.63) is 261 Å². The minimum Gasteiger partial charge on any atom is -0.256 e. The first kappa shape index (κ1) is 39.2. The molecule has 0 atom stereocenters. The number of pyridine rings is 3. The highest BCUT2D eigenvalue weighted by Gasteiger charge is 2.18. The largest absolute Gasteiger partial charge is 0.256 e. The van der Waals surface area contributed by atoms with E-state index in [2.05, 4.69) is 171 Å². The predicted octanol–water partition coefficient (Wildman–Crippen LogP) is 17.8. The van der Waals surface area contributed by atoms with Crippen LogP contribution in [0.1, 0.15) is 31.8 Å². The third kappa shape index (κ3) is 9.13. The molecule has 0 bridgehead atoms. The van der Waals surface area contributed by atoms with Gasteiger partial charge in [0, 0.05) is 35.3 Å². The molecule has 11 aromatic rings. The lowest BCUT2D eigenvalue weighted by Crippen LogP contribution is -2.11. The van der Waals surface area contributed by atoms with E-state index in [0.717, 1.165) is 89.3 Å². The molecule has 11 rings (SSSR count). The summed E-state index contributed by atoms with van der Waals surface area (Å²) in [5.74, 6) is 0. The van der Waals surface area contributed by atoms with Gasteiger partial charge in [-0.2, -0.15) is 0 Å². The van der Waals surface area contributed by atoms with E-state index in [-0.39, 0.29) is 40.7 Å². The van der Waals surface area contributed by atoms with Gasteiger partial charge in [0.25, 0.3) is 0 Å². The van der Waals surface area contributed by atoms with Crippen molar-refractivity contribution in [1.29, 1.82) is 0 Å². The summed E-state index contributed by atoms with van der Waals surface area (Å²) in [5, 5.41) is 0. The first-order chi connectivity index (χ1) is 36.0. The van der Waals surface area contributed by atoms with Crippen LogP contribution in [0.5, 0.6) is 0 Å². The SMILES string of the molecule is [2H]c1c([2H])c(-c2ccccc2-c2cc(-c3ccccc3-c3ccc(-c4cc(-c5ccccc5)ccn4)cc3)cc(-c3ccccc3-c3ccc(-c4cc(C(C)(C)C)ccn4)cc3)c2)c([2H])c([2H])c1-c1ccccn1. The molecular weight excluding hydrogens is 847 g/mol. The lowest BCUT2D eigenvalue weighted by molar-refractivity contribution is 0.589. The third-order valence-electron chi connectivity index (χ3n) is 12.9. The van der Waals surface area contributed by atoms with Crippen LogP contribution in [0.3, 0.4) is 0 Å². The van der Waals surface area contributed by atoms with Crippen molar-refractivity contribution in [2.24, 2.45) is 0 Å². The molecule has 3 heterocycles. The molecule has 70 heavy (non-hydrogen) atoms. The highest BCUT2D eigenvalue weighted by atomic mass is 14.7. The lowest BCUT2D eigenvalue weighted by atomic mass is 9.86. The van der Waals surface area contributed by atoms with E-state index >= 15 is 0 Å². The first-order valence-corrected chi connectivity index (χ1v) is 23.7. The maximum Gasteiger partial charge on any atom is 0.0708 e. The second kappa shape index (κ2) is 19.1. The predicted molar refractivity (Wildman–Crippen MR) is 293 cm³/mol. The van der Waals surface area contributed by atoms with E-state index in [0.29, 0.717) is 11.3 Å². The fourth-order valence-electron chi connectivity index (χ4n) is 9.20. The minimum absolute atomic E-state index is 0.00370. The van der Waals surface area contributed by atoms with Crippen molar-refractivity contribution in [3.63, 3.8) is 0 Å². The average Bonchev–Trinajstić information content (AvgIpc) is 3.46. The molecule has 8 aromatic carbocycles. The Labute approximate surface area is 417 Å². The zero-order chi connectivity index (χ0) is 50.9.